The van der Waals surface area contributed by atoms with Crippen molar-refractivity contribution in [3.8, 4) is 0 Å². The van der Waals surface area contributed by atoms with Gasteiger partial charge in [0.15, 0.2) is 5.13 Å². The van der Waals surface area contributed by atoms with Crippen molar-refractivity contribution in [3.63, 3.8) is 0 Å². The van der Waals surface area contributed by atoms with Gasteiger partial charge in [0, 0.05) is 5.38 Å². The smallest absolute Gasteiger partial charge is 0.262 e. The lowest BCUT2D eigenvalue weighted by Gasteiger charge is -2.24. The molecule has 0 saturated heterocycles. The van der Waals surface area contributed by atoms with Gasteiger partial charge in [-0.25, -0.2) is 4.98 Å². The Morgan fingerprint density at radius 3 is 2.50 bits per heavy atom. The molecule has 1 aliphatic rings. The third kappa shape index (κ3) is 3.62. The molecule has 0 saturated carbocycles. The number of hydrogen-bond donors (Lipinski definition) is 1. The predicted octanol–water partition coefficient (Wildman–Crippen LogP) is 3.24. The van der Waals surface area contributed by atoms with E-state index in [2.05, 4.69) is 10.3 Å². The molecule has 1 atom stereocenters. The van der Waals surface area contributed by atoms with Crippen molar-refractivity contribution in [2.75, 3.05) is 17.3 Å². The van der Waals surface area contributed by atoms with Gasteiger partial charge in [-0.2, -0.15) is 11.8 Å². The van der Waals surface area contributed by atoms with Gasteiger partial charge >= 0.3 is 0 Å². The summed E-state index contributed by atoms with van der Waals surface area (Å²) >= 11 is 8.53. The van der Waals surface area contributed by atoms with Crippen LogP contribution in [0.1, 0.15) is 32.8 Å². The van der Waals surface area contributed by atoms with Gasteiger partial charge in [0.25, 0.3) is 11.8 Å². The van der Waals surface area contributed by atoms with Gasteiger partial charge < -0.3 is 5.32 Å². The molecule has 0 bridgehead atoms. The minimum atomic E-state index is -0.891. The van der Waals surface area contributed by atoms with Crippen molar-refractivity contribution in [1.29, 1.82) is 0 Å². The second-order valence-corrected chi connectivity index (χ2v) is 7.70. The largest absolute Gasteiger partial charge is 0.300 e. The standard InChI is InChI=1S/C17H16ClN3O3S2/c1-25-7-6-13(14(22)20-17-19-10(8-18)9-26-17)21-15(23)11-4-2-3-5-12(11)16(21)24/h2-5,9,13H,6-8H2,1H3,(H,19,20,22). The van der Waals surface area contributed by atoms with Gasteiger partial charge in [0.1, 0.15) is 6.04 Å². The zero-order valence-electron chi connectivity index (χ0n) is 13.9. The van der Waals surface area contributed by atoms with Crippen LogP contribution in [0.15, 0.2) is 29.6 Å². The van der Waals surface area contributed by atoms with E-state index < -0.39 is 23.8 Å². The zero-order chi connectivity index (χ0) is 18.7. The van der Waals surface area contributed by atoms with E-state index in [0.717, 1.165) is 4.90 Å². The van der Waals surface area contributed by atoms with Crippen LogP contribution in [0.4, 0.5) is 5.13 Å². The zero-order valence-corrected chi connectivity index (χ0v) is 16.3. The number of rotatable bonds is 7. The number of halogens is 1. The van der Waals surface area contributed by atoms with Crippen LogP contribution >= 0.6 is 34.7 Å². The number of amides is 3. The molecule has 3 rings (SSSR count). The maximum absolute atomic E-state index is 12.8. The first-order chi connectivity index (χ1) is 12.6. The average molecular weight is 410 g/mol. The van der Waals surface area contributed by atoms with E-state index in [1.807, 2.05) is 6.26 Å². The monoisotopic (exact) mass is 409 g/mol. The fraction of sp³-hybridized carbons (Fsp3) is 0.294. The third-order valence-corrected chi connectivity index (χ3v) is 5.68. The number of benzene rings is 1. The quantitative estimate of drug-likeness (QED) is 0.561. The molecule has 1 unspecified atom stereocenters. The van der Waals surface area contributed by atoms with Crippen LogP contribution < -0.4 is 5.32 Å². The Hall–Kier alpha value is -1.90. The molecule has 0 spiro atoms. The highest BCUT2D eigenvalue weighted by Gasteiger charge is 2.42. The van der Waals surface area contributed by atoms with Crippen LogP contribution in [0.5, 0.6) is 0 Å². The van der Waals surface area contributed by atoms with Gasteiger partial charge in [-0.1, -0.05) is 12.1 Å². The molecule has 1 aromatic carbocycles. The van der Waals surface area contributed by atoms with Crippen LogP contribution in [-0.2, 0) is 10.7 Å². The number of fused-ring (bicyclic) bond motifs is 1. The summed E-state index contributed by atoms with van der Waals surface area (Å²) in [5, 5.41) is 4.86. The normalized spacial score (nSPS) is 14.5. The lowest BCUT2D eigenvalue weighted by atomic mass is 10.1. The summed E-state index contributed by atoms with van der Waals surface area (Å²) in [4.78, 5) is 43.5. The number of carbonyl (C=O) groups is 3. The van der Waals surface area contributed by atoms with Crippen LogP contribution in [-0.4, -0.2) is 45.7 Å². The average Bonchev–Trinajstić information content (AvgIpc) is 3.20. The minimum absolute atomic E-state index is 0.251. The first-order valence-electron chi connectivity index (χ1n) is 7.84. The summed E-state index contributed by atoms with van der Waals surface area (Å²) in [5.41, 5.74) is 1.32. The fourth-order valence-electron chi connectivity index (χ4n) is 2.71. The molecular formula is C17H16ClN3O3S2. The first kappa shape index (κ1) is 18.9. The van der Waals surface area contributed by atoms with E-state index in [-0.39, 0.29) is 5.88 Å². The number of nitrogens with one attached hydrogen (secondary N) is 1. The summed E-state index contributed by atoms with van der Waals surface area (Å²) in [7, 11) is 0. The summed E-state index contributed by atoms with van der Waals surface area (Å²) in [6, 6.07) is 5.72. The number of thioether (sulfide) groups is 1. The Morgan fingerprint density at radius 1 is 1.31 bits per heavy atom. The molecule has 1 aromatic heterocycles. The van der Waals surface area contributed by atoms with Crippen molar-refractivity contribution in [3.05, 3.63) is 46.5 Å². The van der Waals surface area contributed by atoms with E-state index in [0.29, 0.717) is 34.1 Å². The van der Waals surface area contributed by atoms with E-state index in [4.69, 9.17) is 11.6 Å². The molecule has 3 amide bonds. The highest BCUT2D eigenvalue weighted by atomic mass is 35.5. The van der Waals surface area contributed by atoms with Crippen molar-refractivity contribution < 1.29 is 14.4 Å². The molecule has 0 fully saturated rings. The molecular weight excluding hydrogens is 394 g/mol. The molecule has 2 aromatic rings. The molecule has 26 heavy (non-hydrogen) atoms. The van der Waals surface area contributed by atoms with Gasteiger partial charge in [0.05, 0.1) is 22.7 Å². The second kappa shape index (κ2) is 8.20. The molecule has 2 heterocycles. The maximum Gasteiger partial charge on any atom is 0.262 e. The Morgan fingerprint density at radius 2 is 1.96 bits per heavy atom. The maximum atomic E-state index is 12.8. The number of hydrogen-bond acceptors (Lipinski definition) is 6. The summed E-state index contributed by atoms with van der Waals surface area (Å²) in [5.74, 6) is -0.416. The number of aromatic nitrogens is 1. The van der Waals surface area contributed by atoms with Crippen molar-refractivity contribution in [2.45, 2.75) is 18.3 Å². The number of thiazole rings is 1. The Balaban J connectivity index is 1.85. The highest BCUT2D eigenvalue weighted by molar-refractivity contribution is 7.98. The second-order valence-electron chi connectivity index (χ2n) is 5.59. The van der Waals surface area contributed by atoms with Crippen LogP contribution in [0.2, 0.25) is 0 Å². The number of anilines is 1. The Labute approximate surface area is 163 Å². The van der Waals surface area contributed by atoms with Crippen LogP contribution in [0, 0.1) is 0 Å². The van der Waals surface area contributed by atoms with Gasteiger partial charge in [-0.05, 0) is 30.6 Å². The van der Waals surface area contributed by atoms with E-state index in [9.17, 15) is 14.4 Å². The molecule has 6 nitrogen and oxygen atoms in total. The van der Waals surface area contributed by atoms with Gasteiger partial charge in [0.2, 0.25) is 5.91 Å². The molecule has 1 aliphatic heterocycles. The topological polar surface area (TPSA) is 79.4 Å². The van der Waals surface area contributed by atoms with E-state index in [1.54, 1.807) is 41.4 Å². The van der Waals surface area contributed by atoms with Crippen molar-refractivity contribution in [2.24, 2.45) is 0 Å². The van der Waals surface area contributed by atoms with Crippen molar-refractivity contribution in [1.82, 2.24) is 9.88 Å². The first-order valence-corrected chi connectivity index (χ1v) is 10.6. The Kier molecular flexibility index (Phi) is 5.95. The SMILES string of the molecule is CSCCC(C(=O)Nc1nc(CCl)cs1)N1C(=O)c2ccccc2C1=O. The molecule has 1 N–H and O–H groups in total. The number of nitrogens with zero attached hydrogens (tertiary/aromatic N) is 2. The lowest BCUT2D eigenvalue weighted by molar-refractivity contribution is -0.120. The number of carbonyl (C=O) groups excluding carboxylic acids is 3. The minimum Gasteiger partial charge on any atom is -0.300 e. The van der Waals surface area contributed by atoms with Gasteiger partial charge in [-0.3, -0.25) is 19.3 Å². The number of imide groups is 1. The highest BCUT2D eigenvalue weighted by Crippen LogP contribution is 2.27. The summed E-state index contributed by atoms with van der Waals surface area (Å²) in [6.07, 6.45) is 2.27. The Bertz CT molecular complexity index is 820. The molecule has 0 aliphatic carbocycles. The molecule has 0 radical (unpaired) electrons. The predicted molar refractivity (Wildman–Crippen MR) is 104 cm³/mol. The van der Waals surface area contributed by atoms with Crippen molar-refractivity contribution >= 4 is 57.6 Å². The van der Waals surface area contributed by atoms with Gasteiger partial charge in [-0.15, -0.1) is 22.9 Å². The van der Waals surface area contributed by atoms with Crippen LogP contribution in [0.25, 0.3) is 0 Å². The summed E-state index contributed by atoms with van der Waals surface area (Å²) in [6.45, 7) is 0. The molecule has 9 heteroatoms. The van der Waals surface area contributed by atoms with Crippen LogP contribution in [0.3, 0.4) is 0 Å². The third-order valence-electron chi connectivity index (χ3n) is 3.95. The number of alkyl halides is 1. The van der Waals surface area contributed by atoms with E-state index in [1.165, 1.54) is 11.3 Å². The molecule has 136 valence electrons. The fourth-order valence-corrected chi connectivity index (χ4v) is 4.11. The lowest BCUT2D eigenvalue weighted by Crippen LogP contribution is -2.47. The summed E-state index contributed by atoms with van der Waals surface area (Å²) < 4.78 is 0. The van der Waals surface area contributed by atoms with E-state index >= 15 is 0 Å².